The Morgan fingerprint density at radius 3 is 2.55 bits per heavy atom. The average Bonchev–Trinajstić information content (AvgIpc) is 2.81. The number of benzene rings is 1. The van der Waals surface area contributed by atoms with Crippen LogP contribution >= 0.6 is 0 Å². The summed E-state index contributed by atoms with van der Waals surface area (Å²) in [5.74, 6) is 2.42. The fraction of sp³-hybridized carbons (Fsp3) is 0.565. The van der Waals surface area contributed by atoms with Crippen molar-refractivity contribution in [1.29, 1.82) is 0 Å². The van der Waals surface area contributed by atoms with E-state index in [4.69, 9.17) is 9.47 Å². The molecule has 3 heterocycles. The maximum atomic E-state index is 6.10. The molecule has 0 bridgehead atoms. The van der Waals surface area contributed by atoms with E-state index in [0.29, 0.717) is 6.61 Å². The van der Waals surface area contributed by atoms with Crippen LogP contribution in [0.15, 0.2) is 30.7 Å². The number of methoxy groups -OCH3 is 1. The maximum absolute atomic E-state index is 6.10. The van der Waals surface area contributed by atoms with Crippen LogP contribution in [0, 0.1) is 0 Å². The Morgan fingerprint density at radius 2 is 1.84 bits per heavy atom. The maximum Gasteiger partial charge on any atom is 0.163 e. The first-order valence-electron chi connectivity index (χ1n) is 11.2. The number of piperazine rings is 2. The first-order chi connectivity index (χ1) is 15.2. The van der Waals surface area contributed by atoms with Crippen LogP contribution in [-0.4, -0.2) is 92.4 Å². The molecular weight excluding hydrogens is 392 g/mol. The molecule has 0 atom stereocenters. The smallest absolute Gasteiger partial charge is 0.163 e. The van der Waals surface area contributed by atoms with Crippen LogP contribution in [0.1, 0.15) is 13.3 Å². The monoisotopic (exact) mass is 426 g/mol. The van der Waals surface area contributed by atoms with Gasteiger partial charge >= 0.3 is 0 Å². The van der Waals surface area contributed by atoms with E-state index >= 15 is 0 Å². The summed E-state index contributed by atoms with van der Waals surface area (Å²) in [6.45, 7) is 15.9. The van der Waals surface area contributed by atoms with Crippen molar-refractivity contribution in [2.75, 3.05) is 77.5 Å². The average molecular weight is 427 g/mol. The molecular formula is C23H34N6O2. The number of anilines is 1. The fourth-order valence-corrected chi connectivity index (χ4v) is 4.28. The summed E-state index contributed by atoms with van der Waals surface area (Å²) in [7, 11) is 1.68. The molecule has 0 aliphatic carbocycles. The van der Waals surface area contributed by atoms with Crippen molar-refractivity contribution in [3.8, 4) is 11.5 Å². The largest absolute Gasteiger partial charge is 0.493 e. The molecule has 1 N–H and O–H groups in total. The third-order valence-corrected chi connectivity index (χ3v) is 6.10. The Balaban J connectivity index is 1.44. The minimum absolute atomic E-state index is 0.659. The van der Waals surface area contributed by atoms with Crippen molar-refractivity contribution in [2.24, 2.45) is 0 Å². The van der Waals surface area contributed by atoms with Crippen LogP contribution in [0.25, 0.3) is 10.9 Å². The standard InChI is InChI=1S/C23H34N6O2/c1-18(2)28-10-12-29(13-11-28)23-19-15-21(30-3)22(16-20(19)25-17-26-23)31-14-4-7-27-8-5-24-6-9-27/h15-17,24H,1,4-14H2,2-3H3. The second kappa shape index (κ2) is 10.2. The van der Waals surface area contributed by atoms with Crippen LogP contribution in [0.5, 0.6) is 11.5 Å². The lowest BCUT2D eigenvalue weighted by molar-refractivity contribution is 0.211. The summed E-state index contributed by atoms with van der Waals surface area (Å²) in [5, 5.41) is 4.38. The zero-order valence-electron chi connectivity index (χ0n) is 18.8. The Hall–Kier alpha value is -2.58. The third kappa shape index (κ3) is 5.19. The van der Waals surface area contributed by atoms with Gasteiger partial charge < -0.3 is 29.5 Å². The van der Waals surface area contributed by atoms with E-state index in [1.165, 1.54) is 0 Å². The Labute approximate surface area is 184 Å². The predicted octanol–water partition coefficient (Wildman–Crippen LogP) is 1.97. The zero-order valence-corrected chi connectivity index (χ0v) is 18.8. The summed E-state index contributed by atoms with van der Waals surface area (Å²) < 4.78 is 11.7. The topological polar surface area (TPSA) is 66.0 Å². The van der Waals surface area contributed by atoms with Gasteiger partial charge in [-0.15, -0.1) is 0 Å². The van der Waals surface area contributed by atoms with Gasteiger partial charge in [-0.3, -0.25) is 0 Å². The van der Waals surface area contributed by atoms with E-state index in [-0.39, 0.29) is 0 Å². The van der Waals surface area contributed by atoms with Crippen molar-refractivity contribution >= 4 is 16.7 Å². The molecule has 2 saturated heterocycles. The van der Waals surface area contributed by atoms with Gasteiger partial charge in [-0.25, -0.2) is 9.97 Å². The Bertz CT molecular complexity index is 891. The number of hydrogen-bond acceptors (Lipinski definition) is 8. The van der Waals surface area contributed by atoms with Gasteiger partial charge in [-0.2, -0.15) is 0 Å². The molecule has 0 unspecified atom stereocenters. The Morgan fingerprint density at radius 1 is 1.06 bits per heavy atom. The lowest BCUT2D eigenvalue weighted by Gasteiger charge is -2.37. The number of nitrogens with zero attached hydrogens (tertiary/aromatic N) is 5. The first kappa shape index (κ1) is 21.6. The minimum atomic E-state index is 0.659. The molecule has 1 aromatic carbocycles. The highest BCUT2D eigenvalue weighted by molar-refractivity contribution is 5.92. The molecule has 2 aliphatic rings. The van der Waals surface area contributed by atoms with Crippen molar-refractivity contribution in [1.82, 2.24) is 25.1 Å². The van der Waals surface area contributed by atoms with Crippen molar-refractivity contribution < 1.29 is 9.47 Å². The van der Waals surface area contributed by atoms with Gasteiger partial charge in [-0.1, -0.05) is 6.58 Å². The molecule has 4 rings (SSSR count). The Kier molecular flexibility index (Phi) is 7.09. The van der Waals surface area contributed by atoms with E-state index in [1.807, 2.05) is 12.1 Å². The number of allylic oxidation sites excluding steroid dienone is 1. The number of rotatable bonds is 8. The molecule has 8 nitrogen and oxygen atoms in total. The normalized spacial score (nSPS) is 17.7. The van der Waals surface area contributed by atoms with Gasteiger partial charge in [0, 0.05) is 76.1 Å². The van der Waals surface area contributed by atoms with E-state index in [9.17, 15) is 0 Å². The van der Waals surface area contributed by atoms with Crippen molar-refractivity contribution in [2.45, 2.75) is 13.3 Å². The molecule has 2 aromatic rings. The number of nitrogens with one attached hydrogen (secondary N) is 1. The van der Waals surface area contributed by atoms with Gasteiger partial charge in [0.2, 0.25) is 0 Å². The fourth-order valence-electron chi connectivity index (χ4n) is 4.28. The molecule has 0 amide bonds. The predicted molar refractivity (Wildman–Crippen MR) is 124 cm³/mol. The van der Waals surface area contributed by atoms with Gasteiger partial charge in [0.1, 0.15) is 12.1 Å². The highest BCUT2D eigenvalue weighted by Crippen LogP contribution is 2.35. The third-order valence-electron chi connectivity index (χ3n) is 6.10. The number of fused-ring (bicyclic) bond motifs is 1. The molecule has 0 spiro atoms. The number of hydrogen-bond donors (Lipinski definition) is 1. The molecule has 8 heteroatoms. The van der Waals surface area contributed by atoms with E-state index < -0.39 is 0 Å². The highest BCUT2D eigenvalue weighted by Gasteiger charge is 2.21. The molecule has 0 radical (unpaired) electrons. The SMILES string of the molecule is C=C(C)N1CCN(c2ncnc3cc(OCCCN4CCNCC4)c(OC)cc23)CC1. The van der Waals surface area contributed by atoms with E-state index in [1.54, 1.807) is 13.4 Å². The summed E-state index contributed by atoms with van der Waals surface area (Å²) in [5.41, 5.74) is 2.00. The molecule has 168 valence electrons. The molecule has 1 aromatic heterocycles. The second-order valence-corrected chi connectivity index (χ2v) is 8.22. The lowest BCUT2D eigenvalue weighted by Crippen LogP contribution is -2.45. The van der Waals surface area contributed by atoms with Crippen LogP contribution in [0.3, 0.4) is 0 Å². The van der Waals surface area contributed by atoms with Crippen molar-refractivity contribution in [3.63, 3.8) is 0 Å². The second-order valence-electron chi connectivity index (χ2n) is 8.22. The number of ether oxygens (including phenoxy) is 2. The van der Waals surface area contributed by atoms with Crippen molar-refractivity contribution in [3.05, 3.63) is 30.7 Å². The van der Waals surface area contributed by atoms with Gasteiger partial charge in [0.05, 0.1) is 19.2 Å². The van der Waals surface area contributed by atoms with E-state index in [0.717, 1.165) is 99.2 Å². The summed E-state index contributed by atoms with van der Waals surface area (Å²) in [6.07, 6.45) is 2.63. The number of aromatic nitrogens is 2. The first-order valence-corrected chi connectivity index (χ1v) is 11.2. The minimum Gasteiger partial charge on any atom is -0.493 e. The highest BCUT2D eigenvalue weighted by atomic mass is 16.5. The van der Waals surface area contributed by atoms with Gasteiger partial charge in [0.25, 0.3) is 0 Å². The molecule has 2 aliphatic heterocycles. The van der Waals surface area contributed by atoms with Gasteiger partial charge in [0.15, 0.2) is 11.5 Å². The molecule has 31 heavy (non-hydrogen) atoms. The molecule has 2 fully saturated rings. The van der Waals surface area contributed by atoms with Crippen LogP contribution < -0.4 is 19.7 Å². The van der Waals surface area contributed by atoms with Crippen LogP contribution in [0.2, 0.25) is 0 Å². The summed E-state index contributed by atoms with van der Waals surface area (Å²) >= 11 is 0. The molecule has 0 saturated carbocycles. The summed E-state index contributed by atoms with van der Waals surface area (Å²) in [4.78, 5) is 16.2. The quantitative estimate of drug-likeness (QED) is 0.643. The zero-order chi connectivity index (χ0) is 21.6. The van der Waals surface area contributed by atoms with Gasteiger partial charge in [-0.05, 0) is 19.4 Å². The van der Waals surface area contributed by atoms with Crippen LogP contribution in [-0.2, 0) is 0 Å². The van der Waals surface area contributed by atoms with Crippen LogP contribution in [0.4, 0.5) is 5.82 Å². The van der Waals surface area contributed by atoms with E-state index in [2.05, 4.69) is 43.5 Å². The lowest BCUT2D eigenvalue weighted by atomic mass is 10.2. The summed E-state index contributed by atoms with van der Waals surface area (Å²) in [6, 6.07) is 4.00.